The molecule has 0 bridgehead atoms. The van der Waals surface area contributed by atoms with E-state index in [1.165, 1.54) is 24.3 Å². The molecule has 2 N–H and O–H groups in total. The molecular formula is C18H16Cl2F3NO4. The number of phenols is 1. The molecule has 152 valence electrons. The van der Waals surface area contributed by atoms with Crippen LogP contribution in [0.2, 0.25) is 10.0 Å². The van der Waals surface area contributed by atoms with Crippen molar-refractivity contribution in [1.29, 1.82) is 0 Å². The Balaban J connectivity index is 1.70. The third-order valence-electron chi connectivity index (χ3n) is 3.44. The molecule has 0 atom stereocenters. The molecule has 2 aromatic rings. The Kier molecular flexibility index (Phi) is 7.65. The predicted molar refractivity (Wildman–Crippen MR) is 98.3 cm³/mol. The smallest absolute Gasteiger partial charge is 0.508 e. The standard InChI is InChI=1S/C18H16Cl2F3NO4/c19-14-9-12(25)10-15(20)16(14)27-8-2-1-7-24-17(26)11-3-5-13(6-4-11)28-18(21,22)23/h3-6,9-10,25H,1-2,7-8H2,(H,24,26). The second-order valence-corrected chi connectivity index (χ2v) is 6.44. The molecular weight excluding hydrogens is 422 g/mol. The maximum absolute atomic E-state index is 12.1. The molecule has 0 aliphatic carbocycles. The van der Waals surface area contributed by atoms with E-state index >= 15 is 0 Å². The van der Waals surface area contributed by atoms with Crippen LogP contribution in [0.15, 0.2) is 36.4 Å². The fraction of sp³-hybridized carbons (Fsp3) is 0.278. The first-order valence-corrected chi connectivity index (χ1v) is 8.86. The van der Waals surface area contributed by atoms with Gasteiger partial charge >= 0.3 is 6.36 Å². The van der Waals surface area contributed by atoms with Crippen LogP contribution in [0.4, 0.5) is 13.2 Å². The maximum Gasteiger partial charge on any atom is 0.573 e. The minimum atomic E-state index is -4.78. The average Bonchev–Trinajstić information content (AvgIpc) is 2.58. The van der Waals surface area contributed by atoms with Crippen molar-refractivity contribution >= 4 is 29.1 Å². The molecule has 0 heterocycles. The number of hydrogen-bond donors (Lipinski definition) is 2. The monoisotopic (exact) mass is 437 g/mol. The molecule has 28 heavy (non-hydrogen) atoms. The zero-order valence-electron chi connectivity index (χ0n) is 14.4. The van der Waals surface area contributed by atoms with E-state index < -0.39 is 18.0 Å². The third kappa shape index (κ3) is 7.01. The molecule has 0 unspecified atom stereocenters. The van der Waals surface area contributed by atoms with Crippen molar-refractivity contribution < 1.29 is 32.5 Å². The second kappa shape index (κ2) is 9.75. The van der Waals surface area contributed by atoms with Crippen molar-refractivity contribution in [2.45, 2.75) is 19.2 Å². The van der Waals surface area contributed by atoms with Gasteiger partial charge in [0.05, 0.1) is 16.7 Å². The lowest BCUT2D eigenvalue weighted by molar-refractivity contribution is -0.274. The second-order valence-electron chi connectivity index (χ2n) is 5.62. The van der Waals surface area contributed by atoms with E-state index in [1.54, 1.807) is 0 Å². The van der Waals surface area contributed by atoms with Gasteiger partial charge in [0.2, 0.25) is 0 Å². The summed E-state index contributed by atoms with van der Waals surface area (Å²) < 4.78 is 45.5. The van der Waals surface area contributed by atoms with Crippen LogP contribution in [0.3, 0.4) is 0 Å². The molecule has 0 saturated heterocycles. The fourth-order valence-electron chi connectivity index (χ4n) is 2.20. The third-order valence-corrected chi connectivity index (χ3v) is 4.00. The van der Waals surface area contributed by atoms with Gasteiger partial charge in [0.15, 0.2) is 5.75 Å². The molecule has 0 saturated carbocycles. The van der Waals surface area contributed by atoms with Gasteiger partial charge in [-0.1, -0.05) is 23.2 Å². The number of alkyl halides is 3. The Hall–Kier alpha value is -2.32. The van der Waals surface area contributed by atoms with Crippen LogP contribution in [-0.2, 0) is 0 Å². The summed E-state index contributed by atoms with van der Waals surface area (Å²) in [5.74, 6) is -0.605. The Morgan fingerprint density at radius 1 is 1.07 bits per heavy atom. The van der Waals surface area contributed by atoms with E-state index in [1.807, 2.05) is 0 Å². The first-order chi connectivity index (χ1) is 13.2. The largest absolute Gasteiger partial charge is 0.573 e. The first-order valence-electron chi connectivity index (χ1n) is 8.10. The Labute approximate surface area is 169 Å². The lowest BCUT2D eigenvalue weighted by atomic mass is 10.2. The van der Waals surface area contributed by atoms with Gasteiger partial charge in [0.1, 0.15) is 11.5 Å². The summed E-state index contributed by atoms with van der Waals surface area (Å²) in [6.45, 7) is 0.642. The quantitative estimate of drug-likeness (QED) is 0.557. The summed E-state index contributed by atoms with van der Waals surface area (Å²) in [5, 5.41) is 12.4. The van der Waals surface area contributed by atoms with Gasteiger partial charge < -0.3 is 19.9 Å². The summed E-state index contributed by atoms with van der Waals surface area (Å²) in [6, 6.07) is 7.26. The first kappa shape index (κ1) is 22.0. The van der Waals surface area contributed by atoms with Gasteiger partial charge in [0, 0.05) is 24.2 Å². The number of amides is 1. The van der Waals surface area contributed by atoms with Crippen LogP contribution >= 0.6 is 23.2 Å². The molecule has 1 amide bonds. The molecule has 0 spiro atoms. The van der Waals surface area contributed by atoms with E-state index in [4.69, 9.17) is 27.9 Å². The number of aromatic hydroxyl groups is 1. The van der Waals surface area contributed by atoms with E-state index in [0.29, 0.717) is 26.0 Å². The predicted octanol–water partition coefficient (Wildman–Crippen LogP) is 5.19. The average molecular weight is 438 g/mol. The van der Waals surface area contributed by atoms with Crippen LogP contribution in [0.5, 0.6) is 17.2 Å². The van der Waals surface area contributed by atoms with E-state index in [9.17, 15) is 23.1 Å². The van der Waals surface area contributed by atoms with Crippen LogP contribution in [0.25, 0.3) is 0 Å². The molecule has 5 nitrogen and oxygen atoms in total. The molecule has 0 aliphatic heterocycles. The highest BCUT2D eigenvalue weighted by atomic mass is 35.5. The molecule has 0 aliphatic rings. The number of benzene rings is 2. The molecule has 2 aromatic carbocycles. The number of carbonyl (C=O) groups excluding carboxylic acids is 1. The molecule has 0 radical (unpaired) electrons. The maximum atomic E-state index is 12.1. The van der Waals surface area contributed by atoms with Crippen molar-refractivity contribution in [3.63, 3.8) is 0 Å². The Bertz CT molecular complexity index is 790. The summed E-state index contributed by atoms with van der Waals surface area (Å²) in [7, 11) is 0. The summed E-state index contributed by atoms with van der Waals surface area (Å²) >= 11 is 11.9. The van der Waals surface area contributed by atoms with Crippen LogP contribution in [-0.4, -0.2) is 30.5 Å². The van der Waals surface area contributed by atoms with E-state index in [2.05, 4.69) is 10.1 Å². The van der Waals surface area contributed by atoms with Crippen molar-refractivity contribution in [2.75, 3.05) is 13.2 Å². The van der Waals surface area contributed by atoms with E-state index in [0.717, 1.165) is 12.1 Å². The van der Waals surface area contributed by atoms with Crippen molar-refractivity contribution in [2.24, 2.45) is 0 Å². The minimum absolute atomic E-state index is 0.0666. The Morgan fingerprint density at radius 2 is 1.68 bits per heavy atom. The number of ether oxygens (including phenoxy) is 2. The number of halogens is 5. The van der Waals surface area contributed by atoms with Crippen LogP contribution in [0.1, 0.15) is 23.2 Å². The number of hydrogen-bond acceptors (Lipinski definition) is 4. The lowest BCUT2D eigenvalue weighted by Crippen LogP contribution is -2.24. The highest BCUT2D eigenvalue weighted by Gasteiger charge is 2.31. The zero-order chi connectivity index (χ0) is 20.7. The lowest BCUT2D eigenvalue weighted by Gasteiger charge is -2.11. The van der Waals surface area contributed by atoms with Crippen molar-refractivity contribution in [3.8, 4) is 17.2 Å². The number of phenolic OH excluding ortho intramolecular Hbond substituents is 1. The van der Waals surface area contributed by atoms with Gasteiger partial charge in [-0.2, -0.15) is 0 Å². The van der Waals surface area contributed by atoms with Crippen LogP contribution in [0, 0.1) is 0 Å². The highest BCUT2D eigenvalue weighted by Crippen LogP contribution is 2.36. The Morgan fingerprint density at radius 3 is 2.25 bits per heavy atom. The summed E-state index contributed by atoms with van der Waals surface area (Å²) in [5.41, 5.74) is 0.216. The molecule has 10 heteroatoms. The van der Waals surface area contributed by atoms with Gasteiger partial charge in [-0.25, -0.2) is 0 Å². The fourth-order valence-corrected chi connectivity index (χ4v) is 2.78. The van der Waals surface area contributed by atoms with Gasteiger partial charge in [-0.05, 0) is 37.1 Å². The summed E-state index contributed by atoms with van der Waals surface area (Å²) in [4.78, 5) is 12.0. The highest BCUT2D eigenvalue weighted by molar-refractivity contribution is 6.37. The van der Waals surface area contributed by atoms with Crippen molar-refractivity contribution in [3.05, 3.63) is 52.0 Å². The normalized spacial score (nSPS) is 11.2. The SMILES string of the molecule is O=C(NCCCCOc1c(Cl)cc(O)cc1Cl)c1ccc(OC(F)(F)F)cc1. The van der Waals surface area contributed by atoms with Crippen LogP contribution < -0.4 is 14.8 Å². The molecule has 0 aromatic heterocycles. The number of rotatable bonds is 8. The summed E-state index contributed by atoms with van der Waals surface area (Å²) in [6.07, 6.45) is -3.60. The minimum Gasteiger partial charge on any atom is -0.508 e. The van der Waals surface area contributed by atoms with Gasteiger partial charge in [0.25, 0.3) is 5.91 Å². The van der Waals surface area contributed by atoms with Gasteiger partial charge in [-0.3, -0.25) is 4.79 Å². The van der Waals surface area contributed by atoms with Gasteiger partial charge in [-0.15, -0.1) is 13.2 Å². The molecule has 2 rings (SSSR count). The number of carbonyl (C=O) groups is 1. The van der Waals surface area contributed by atoms with E-state index in [-0.39, 0.29) is 27.1 Å². The van der Waals surface area contributed by atoms with Crippen molar-refractivity contribution in [1.82, 2.24) is 5.32 Å². The topological polar surface area (TPSA) is 67.8 Å². The number of nitrogens with one attached hydrogen (secondary N) is 1. The number of unbranched alkanes of at least 4 members (excludes halogenated alkanes) is 1. The zero-order valence-corrected chi connectivity index (χ0v) is 15.9. The molecule has 0 fully saturated rings.